The summed E-state index contributed by atoms with van der Waals surface area (Å²) in [4.78, 5) is 0. The van der Waals surface area contributed by atoms with Gasteiger partial charge in [-0.15, -0.1) is 0 Å². The highest BCUT2D eigenvalue weighted by Gasteiger charge is 2.59. The van der Waals surface area contributed by atoms with Crippen molar-refractivity contribution >= 4 is 21.0 Å². The van der Waals surface area contributed by atoms with E-state index in [-0.39, 0.29) is 16.2 Å². The summed E-state index contributed by atoms with van der Waals surface area (Å²) in [6.07, 6.45) is 18.1. The molecular formula is C60H76BO4P. The third-order valence-corrected chi connectivity index (χ3v) is 19.4. The minimum atomic E-state index is -1.07. The standard InChI is InChI=1S/C60H76BO4P/c1-11-13-15-17-19-25-39-59(40-26-20-18-16-14-12-2)51-29-23-21-27-47(51)49-42-54-50(41-53(49)59)48-28-22-24-30-52(48)60(54,43-31-35-45(36-32-43)61-63-55(3,4)56(5,6)64-61)44-33-37-46(38-34-44)62-66-58(9,10)57(7,8)65-66/h21-24,27-38,41-42H,11-20,25-26,39-40H2,1-10H3. The molecule has 66 heavy (non-hydrogen) atoms. The molecule has 0 amide bonds. The van der Waals surface area contributed by atoms with Gasteiger partial charge in [-0.1, -0.05) is 176 Å². The zero-order chi connectivity index (χ0) is 46.5. The van der Waals surface area contributed by atoms with Crippen molar-refractivity contribution in [2.24, 2.45) is 0 Å². The molecule has 348 valence electrons. The summed E-state index contributed by atoms with van der Waals surface area (Å²) in [5, 5.41) is -0.0551. The minimum Gasteiger partial charge on any atom is -0.447 e. The molecule has 0 radical (unpaired) electrons. The Morgan fingerprint density at radius 3 is 1.48 bits per heavy atom. The van der Waals surface area contributed by atoms with Crippen molar-refractivity contribution in [2.75, 3.05) is 0 Å². The van der Waals surface area contributed by atoms with Crippen molar-refractivity contribution in [2.45, 2.75) is 192 Å². The number of rotatable bonds is 19. The van der Waals surface area contributed by atoms with Gasteiger partial charge in [0.1, 0.15) is 5.75 Å². The van der Waals surface area contributed by atoms with Crippen molar-refractivity contribution in [3.05, 3.63) is 143 Å². The zero-order valence-electron chi connectivity index (χ0n) is 41.9. The predicted octanol–water partition coefficient (Wildman–Crippen LogP) is 16.4. The summed E-state index contributed by atoms with van der Waals surface area (Å²) in [5.74, 6) is 0.850. The van der Waals surface area contributed by atoms with Crippen LogP contribution in [0.1, 0.15) is 193 Å². The van der Waals surface area contributed by atoms with Gasteiger partial charge in [-0.3, -0.25) is 0 Å². The average Bonchev–Trinajstić information content (AvgIpc) is 3.84. The van der Waals surface area contributed by atoms with Crippen LogP contribution < -0.4 is 9.99 Å². The van der Waals surface area contributed by atoms with Crippen LogP contribution in [0.2, 0.25) is 0 Å². The van der Waals surface area contributed by atoms with Gasteiger partial charge in [-0.25, -0.2) is 0 Å². The topological polar surface area (TPSA) is 36.9 Å². The molecule has 9 rings (SSSR count). The Morgan fingerprint density at radius 1 is 0.470 bits per heavy atom. The van der Waals surface area contributed by atoms with Crippen LogP contribution in [0, 0.1) is 0 Å². The molecule has 2 heterocycles. The maximum Gasteiger partial charge on any atom is 0.494 e. The van der Waals surface area contributed by atoms with Gasteiger partial charge < -0.3 is 18.4 Å². The molecule has 0 bridgehead atoms. The molecule has 4 nitrogen and oxygen atoms in total. The van der Waals surface area contributed by atoms with Crippen LogP contribution in [-0.4, -0.2) is 29.1 Å². The summed E-state index contributed by atoms with van der Waals surface area (Å²) in [6, 6.07) is 42.2. The van der Waals surface area contributed by atoms with Crippen LogP contribution in [0.25, 0.3) is 22.3 Å². The number of fused-ring (bicyclic) bond motifs is 6. The van der Waals surface area contributed by atoms with E-state index in [0.29, 0.717) is 0 Å². The van der Waals surface area contributed by atoms with E-state index in [9.17, 15) is 0 Å². The number of hydrogen-bond donors (Lipinski definition) is 0. The van der Waals surface area contributed by atoms with Gasteiger partial charge in [0.2, 0.25) is 8.38 Å². The lowest BCUT2D eigenvalue weighted by atomic mass is 9.66. The lowest BCUT2D eigenvalue weighted by Crippen LogP contribution is -2.55. The van der Waals surface area contributed by atoms with Crippen molar-refractivity contribution in [3.63, 3.8) is 0 Å². The lowest BCUT2D eigenvalue weighted by Gasteiger charge is -2.55. The first-order valence-corrected chi connectivity index (χ1v) is 26.9. The smallest absolute Gasteiger partial charge is 0.447 e. The van der Waals surface area contributed by atoms with Crippen LogP contribution in [0.5, 0.6) is 5.75 Å². The van der Waals surface area contributed by atoms with Crippen molar-refractivity contribution in [1.29, 1.82) is 0 Å². The first kappa shape index (κ1) is 47.3. The van der Waals surface area contributed by atoms with Crippen LogP contribution in [0.3, 0.4) is 0 Å². The number of benzene rings is 5. The maximum absolute atomic E-state index is 6.66. The third-order valence-electron chi connectivity index (χ3n) is 16.9. The molecule has 0 aromatic heterocycles. The van der Waals surface area contributed by atoms with Crippen molar-refractivity contribution in [1.82, 2.24) is 0 Å². The van der Waals surface area contributed by atoms with Gasteiger partial charge in [0, 0.05) is 5.41 Å². The highest BCUT2D eigenvalue weighted by molar-refractivity contribution is 7.51. The minimum absolute atomic E-state index is 0.00606. The van der Waals surface area contributed by atoms with Crippen LogP contribution in [0.15, 0.2) is 109 Å². The van der Waals surface area contributed by atoms with Crippen LogP contribution in [-0.2, 0) is 24.7 Å². The number of hydrogen-bond acceptors (Lipinski definition) is 4. The zero-order valence-corrected chi connectivity index (χ0v) is 42.8. The van der Waals surface area contributed by atoms with Gasteiger partial charge in [0.15, 0.2) is 0 Å². The van der Waals surface area contributed by atoms with E-state index in [1.807, 2.05) is 0 Å². The van der Waals surface area contributed by atoms with Gasteiger partial charge in [-0.2, -0.15) is 0 Å². The summed E-state index contributed by atoms with van der Waals surface area (Å²) in [5.41, 5.74) is 13.1. The Kier molecular flexibility index (Phi) is 13.1. The largest absolute Gasteiger partial charge is 0.494 e. The van der Waals surface area contributed by atoms with Crippen molar-refractivity contribution < 1.29 is 18.4 Å². The molecule has 5 aromatic rings. The lowest BCUT2D eigenvalue weighted by molar-refractivity contribution is 0.00578. The number of unbranched alkanes of at least 4 members (excludes halogenated alkanes) is 10. The Hall–Kier alpha value is -3.73. The molecule has 0 saturated carbocycles. The molecule has 0 spiro atoms. The second-order valence-electron chi connectivity index (χ2n) is 22.1. The Bertz CT molecular complexity index is 2470. The summed E-state index contributed by atoms with van der Waals surface area (Å²) >= 11 is 0. The quantitative estimate of drug-likeness (QED) is 0.0461. The van der Waals surface area contributed by atoms with E-state index in [4.69, 9.17) is 18.4 Å². The van der Waals surface area contributed by atoms with E-state index < -0.39 is 32.1 Å². The van der Waals surface area contributed by atoms with E-state index in [1.54, 1.807) is 11.1 Å². The molecule has 2 saturated heterocycles. The molecular weight excluding hydrogens is 826 g/mol. The SMILES string of the molecule is CCCCCCCCC1(CCCCCCCC)c2ccccc2-c2cc3c(cc21)-c1ccccc1C3(c1ccc(OP2OC(C)(C)C2(C)C)cc1)c1ccc(B2OC(C)(C)C(C)(C)O2)cc1. The molecule has 6 heteroatoms. The molecule has 2 unspecified atom stereocenters. The van der Waals surface area contributed by atoms with Crippen LogP contribution >= 0.6 is 8.38 Å². The second-order valence-corrected chi connectivity index (χ2v) is 24.1. The normalized spacial score (nSPS) is 22.0. The molecule has 2 aliphatic carbocycles. The summed E-state index contributed by atoms with van der Waals surface area (Å²) in [7, 11) is -1.50. The first-order valence-electron chi connectivity index (χ1n) is 25.7. The Balaban J connectivity index is 1.19. The third kappa shape index (κ3) is 7.94. The monoisotopic (exact) mass is 903 g/mol. The van der Waals surface area contributed by atoms with Gasteiger partial charge in [0.05, 0.1) is 27.4 Å². The highest BCUT2D eigenvalue weighted by atomic mass is 31.2. The van der Waals surface area contributed by atoms with E-state index in [1.165, 1.54) is 134 Å². The fourth-order valence-corrected chi connectivity index (χ4v) is 13.4. The fourth-order valence-electron chi connectivity index (χ4n) is 11.6. The van der Waals surface area contributed by atoms with Gasteiger partial charge in [0.25, 0.3) is 0 Å². The van der Waals surface area contributed by atoms with E-state index in [0.717, 1.165) is 11.2 Å². The average molecular weight is 903 g/mol. The molecule has 2 fully saturated rings. The maximum atomic E-state index is 6.66. The Labute approximate surface area is 400 Å². The summed E-state index contributed by atoms with van der Waals surface area (Å²) in [6.45, 7) is 22.0. The fraction of sp³-hybridized carbons (Fsp3) is 0.500. The second kappa shape index (κ2) is 18.3. The Morgan fingerprint density at radius 2 is 0.939 bits per heavy atom. The highest BCUT2D eigenvalue weighted by Crippen LogP contribution is 2.69. The molecule has 0 N–H and O–H groups in total. The predicted molar refractivity (Wildman–Crippen MR) is 278 cm³/mol. The van der Waals surface area contributed by atoms with Gasteiger partial charge in [-0.05, 0) is 154 Å². The van der Waals surface area contributed by atoms with Crippen molar-refractivity contribution in [3.8, 4) is 28.0 Å². The molecule has 2 atom stereocenters. The van der Waals surface area contributed by atoms with E-state index >= 15 is 0 Å². The van der Waals surface area contributed by atoms with Gasteiger partial charge >= 0.3 is 7.12 Å². The molecule has 5 aromatic carbocycles. The molecule has 4 aliphatic rings. The molecule has 2 aliphatic heterocycles. The van der Waals surface area contributed by atoms with E-state index in [2.05, 4.69) is 178 Å². The first-order chi connectivity index (χ1) is 31.6. The van der Waals surface area contributed by atoms with Crippen LogP contribution in [0.4, 0.5) is 0 Å². The summed E-state index contributed by atoms with van der Waals surface area (Å²) < 4.78 is 26.2.